The lowest BCUT2D eigenvalue weighted by atomic mass is 10.3. The molecule has 1 atom stereocenters. The first-order valence-electron chi connectivity index (χ1n) is 2.89. The highest BCUT2D eigenvalue weighted by Crippen LogP contribution is 2.13. The molecule has 4 nitrogen and oxygen atoms in total. The molecule has 0 aromatic rings. The van der Waals surface area contributed by atoms with Gasteiger partial charge in [-0.25, -0.2) is 0 Å². The Labute approximate surface area is 58.9 Å². The fourth-order valence-electron chi connectivity index (χ4n) is 0.670. The van der Waals surface area contributed by atoms with E-state index < -0.39 is 6.23 Å². The zero-order chi connectivity index (χ0) is 7.56. The largest absolute Gasteiger partial charge is 0.466 e. The van der Waals surface area contributed by atoms with Gasteiger partial charge in [-0.3, -0.25) is 0 Å². The van der Waals surface area contributed by atoms with Gasteiger partial charge in [0.15, 0.2) is 0 Å². The van der Waals surface area contributed by atoms with E-state index in [0.29, 0.717) is 11.5 Å². The molecule has 53 valence electrons. The molecule has 0 fully saturated rings. The number of hydrogen-bond acceptors (Lipinski definition) is 3. The standard InChI is InChI=1S/C6H8N3O/c1-4-2-3-5(7)6(9-8)10-4/h2-3,6H,7H2,1H3. The minimum atomic E-state index is -0.718. The van der Waals surface area contributed by atoms with Crippen LogP contribution in [0.3, 0.4) is 0 Å². The van der Waals surface area contributed by atoms with Crippen molar-refractivity contribution in [1.29, 1.82) is 0 Å². The van der Waals surface area contributed by atoms with Gasteiger partial charge >= 0.3 is 0 Å². The summed E-state index contributed by atoms with van der Waals surface area (Å²) in [5.74, 6) is 0.692. The maximum atomic E-state index is 8.33. The maximum Gasteiger partial charge on any atom is 0.250 e. The van der Waals surface area contributed by atoms with Crippen molar-refractivity contribution in [2.45, 2.75) is 13.2 Å². The van der Waals surface area contributed by atoms with Crippen LogP contribution in [0.15, 0.2) is 28.7 Å². The Morgan fingerprint density at radius 1 is 1.70 bits per heavy atom. The van der Waals surface area contributed by atoms with Gasteiger partial charge in [-0.05, 0) is 24.6 Å². The summed E-state index contributed by atoms with van der Waals surface area (Å²) in [5.41, 5.74) is 14.1. The molecule has 0 aromatic carbocycles. The van der Waals surface area contributed by atoms with E-state index in [1.165, 1.54) is 0 Å². The van der Waals surface area contributed by atoms with Gasteiger partial charge in [0.2, 0.25) is 6.23 Å². The van der Waals surface area contributed by atoms with Crippen LogP contribution in [0.2, 0.25) is 0 Å². The SMILES string of the molecule is CC1=CC=C(N)C(N=[N])O1. The average Bonchev–Trinajstić information content (AvgIpc) is 1.94. The van der Waals surface area contributed by atoms with E-state index >= 15 is 0 Å². The second-order valence-corrected chi connectivity index (χ2v) is 2.03. The van der Waals surface area contributed by atoms with Crippen LogP contribution in [-0.2, 0) is 4.74 Å². The molecular formula is C6H8N3O. The molecule has 10 heavy (non-hydrogen) atoms. The molecule has 0 amide bonds. The van der Waals surface area contributed by atoms with Crippen LogP contribution in [0.1, 0.15) is 6.92 Å². The molecule has 0 saturated carbocycles. The summed E-state index contributed by atoms with van der Waals surface area (Å²) in [7, 11) is 0. The molecule has 4 heteroatoms. The Balaban J connectivity index is 2.77. The minimum absolute atomic E-state index is 0.410. The summed E-state index contributed by atoms with van der Waals surface area (Å²) in [6.45, 7) is 1.76. The molecular weight excluding hydrogens is 130 g/mol. The van der Waals surface area contributed by atoms with Crippen molar-refractivity contribution in [3.63, 3.8) is 0 Å². The van der Waals surface area contributed by atoms with Crippen molar-refractivity contribution in [3.8, 4) is 0 Å². The third kappa shape index (κ3) is 1.15. The second-order valence-electron chi connectivity index (χ2n) is 2.03. The lowest BCUT2D eigenvalue weighted by Crippen LogP contribution is -2.20. The topological polar surface area (TPSA) is 69.9 Å². The summed E-state index contributed by atoms with van der Waals surface area (Å²) >= 11 is 0. The van der Waals surface area contributed by atoms with Crippen LogP contribution < -0.4 is 11.3 Å². The lowest BCUT2D eigenvalue weighted by Gasteiger charge is -2.16. The summed E-state index contributed by atoms with van der Waals surface area (Å²) in [6.07, 6.45) is 2.66. The first-order chi connectivity index (χ1) is 4.74. The van der Waals surface area contributed by atoms with E-state index in [9.17, 15) is 0 Å². The molecule has 0 spiro atoms. The first-order valence-corrected chi connectivity index (χ1v) is 2.89. The molecule has 1 heterocycles. The van der Waals surface area contributed by atoms with Crippen molar-refractivity contribution < 1.29 is 4.74 Å². The fraction of sp³-hybridized carbons (Fsp3) is 0.333. The van der Waals surface area contributed by atoms with Crippen LogP contribution in [0, 0.1) is 0 Å². The van der Waals surface area contributed by atoms with Crippen LogP contribution >= 0.6 is 0 Å². The molecule has 0 aromatic heterocycles. The summed E-state index contributed by atoms with van der Waals surface area (Å²) in [5, 5.41) is 2.92. The number of ether oxygens (including phenoxy) is 1. The number of rotatable bonds is 1. The lowest BCUT2D eigenvalue weighted by molar-refractivity contribution is 0.142. The van der Waals surface area contributed by atoms with Crippen LogP contribution in [0.5, 0.6) is 0 Å². The normalized spacial score (nSPS) is 24.3. The zero-order valence-corrected chi connectivity index (χ0v) is 5.61. The monoisotopic (exact) mass is 138 g/mol. The number of nitrogens with two attached hydrogens (primary N) is 1. The Hall–Kier alpha value is -1.32. The maximum absolute atomic E-state index is 8.33. The molecule has 0 bridgehead atoms. The Morgan fingerprint density at radius 2 is 2.40 bits per heavy atom. The third-order valence-corrected chi connectivity index (χ3v) is 1.20. The summed E-state index contributed by atoms with van der Waals surface area (Å²) in [4.78, 5) is 0. The van der Waals surface area contributed by atoms with Gasteiger partial charge in [0, 0.05) is 0 Å². The highest BCUT2D eigenvalue weighted by atomic mass is 16.5. The second kappa shape index (κ2) is 2.51. The molecule has 2 N–H and O–H groups in total. The highest BCUT2D eigenvalue weighted by molar-refractivity contribution is 5.19. The number of nitrogens with zero attached hydrogens (tertiary/aromatic N) is 2. The molecule has 0 aliphatic carbocycles. The fourth-order valence-corrected chi connectivity index (χ4v) is 0.670. The predicted octanol–water partition coefficient (Wildman–Crippen LogP) is 0.341. The van der Waals surface area contributed by atoms with E-state index in [4.69, 9.17) is 16.0 Å². The molecule has 1 rings (SSSR count). The smallest absolute Gasteiger partial charge is 0.250 e. The number of allylic oxidation sites excluding steroid dienone is 3. The van der Waals surface area contributed by atoms with Crippen molar-refractivity contribution in [2.24, 2.45) is 10.8 Å². The van der Waals surface area contributed by atoms with E-state index in [0.717, 1.165) is 0 Å². The van der Waals surface area contributed by atoms with Crippen molar-refractivity contribution in [1.82, 2.24) is 5.53 Å². The van der Waals surface area contributed by atoms with Crippen molar-refractivity contribution in [3.05, 3.63) is 23.6 Å². The van der Waals surface area contributed by atoms with Crippen LogP contribution in [0.4, 0.5) is 0 Å². The Morgan fingerprint density at radius 3 is 2.90 bits per heavy atom. The van der Waals surface area contributed by atoms with E-state index in [2.05, 4.69) is 5.11 Å². The van der Waals surface area contributed by atoms with Crippen LogP contribution in [0.25, 0.3) is 0 Å². The van der Waals surface area contributed by atoms with E-state index in [-0.39, 0.29) is 0 Å². The van der Waals surface area contributed by atoms with Crippen molar-refractivity contribution in [2.75, 3.05) is 0 Å². The minimum Gasteiger partial charge on any atom is -0.466 e. The average molecular weight is 138 g/mol. The van der Waals surface area contributed by atoms with Gasteiger partial charge < -0.3 is 10.5 Å². The first kappa shape index (κ1) is 6.80. The zero-order valence-electron chi connectivity index (χ0n) is 5.61. The highest BCUT2D eigenvalue weighted by Gasteiger charge is 2.14. The van der Waals surface area contributed by atoms with Gasteiger partial charge in [0.25, 0.3) is 0 Å². The third-order valence-electron chi connectivity index (χ3n) is 1.20. The Bertz CT molecular complexity index is 207. The van der Waals surface area contributed by atoms with Gasteiger partial charge in [0.05, 0.1) is 11.5 Å². The molecule has 1 unspecified atom stereocenters. The predicted molar refractivity (Wildman–Crippen MR) is 35.5 cm³/mol. The number of hydrogen-bond donors (Lipinski definition) is 1. The molecule has 1 aliphatic heterocycles. The van der Waals surface area contributed by atoms with Crippen molar-refractivity contribution >= 4 is 0 Å². The van der Waals surface area contributed by atoms with Gasteiger partial charge in [0.1, 0.15) is 0 Å². The summed E-state index contributed by atoms with van der Waals surface area (Å²) in [6, 6.07) is 0. The van der Waals surface area contributed by atoms with E-state index in [1.54, 1.807) is 19.1 Å². The van der Waals surface area contributed by atoms with Gasteiger partial charge in [-0.2, -0.15) is 0 Å². The van der Waals surface area contributed by atoms with Gasteiger partial charge in [-0.15, -0.1) is 5.11 Å². The van der Waals surface area contributed by atoms with Crippen LogP contribution in [-0.4, -0.2) is 6.23 Å². The Kier molecular flexibility index (Phi) is 1.71. The summed E-state index contributed by atoms with van der Waals surface area (Å²) < 4.78 is 5.00. The molecule has 1 aliphatic rings. The van der Waals surface area contributed by atoms with Gasteiger partial charge in [-0.1, -0.05) is 0 Å². The molecule has 0 saturated heterocycles. The quantitative estimate of drug-likeness (QED) is 0.531. The van der Waals surface area contributed by atoms with E-state index in [1.807, 2.05) is 0 Å². The molecule has 1 radical (unpaired) electrons.